The SMILES string of the molecule is O=C(NCC1CCCO1)c1ccc(NCCc2ccc(Cl)cc2)cn1. The number of carbonyl (C=O) groups excluding carboxylic acids is 1. The lowest BCUT2D eigenvalue weighted by Crippen LogP contribution is -2.32. The molecule has 0 spiro atoms. The van der Waals surface area contributed by atoms with Gasteiger partial charge in [-0.25, -0.2) is 4.98 Å². The summed E-state index contributed by atoms with van der Waals surface area (Å²) >= 11 is 5.88. The zero-order chi connectivity index (χ0) is 17.5. The molecule has 1 aliphatic heterocycles. The van der Waals surface area contributed by atoms with Gasteiger partial charge in [0, 0.05) is 24.7 Å². The largest absolute Gasteiger partial charge is 0.383 e. The van der Waals surface area contributed by atoms with Crippen molar-refractivity contribution in [3.8, 4) is 0 Å². The van der Waals surface area contributed by atoms with Gasteiger partial charge >= 0.3 is 0 Å². The quantitative estimate of drug-likeness (QED) is 0.796. The first-order valence-corrected chi connectivity index (χ1v) is 8.93. The summed E-state index contributed by atoms with van der Waals surface area (Å²) in [5.74, 6) is -0.164. The van der Waals surface area contributed by atoms with E-state index in [2.05, 4.69) is 15.6 Å². The van der Waals surface area contributed by atoms with Crippen molar-refractivity contribution in [3.05, 3.63) is 58.9 Å². The predicted molar refractivity (Wildman–Crippen MR) is 99.2 cm³/mol. The van der Waals surface area contributed by atoms with Crippen molar-refractivity contribution < 1.29 is 9.53 Å². The van der Waals surface area contributed by atoms with Gasteiger partial charge in [-0.05, 0) is 49.1 Å². The van der Waals surface area contributed by atoms with E-state index in [9.17, 15) is 4.79 Å². The number of hydrogen-bond donors (Lipinski definition) is 2. The van der Waals surface area contributed by atoms with Crippen LogP contribution in [-0.2, 0) is 11.2 Å². The third-order valence-electron chi connectivity index (χ3n) is 4.17. The number of aromatic nitrogens is 1. The Morgan fingerprint density at radius 2 is 2.08 bits per heavy atom. The van der Waals surface area contributed by atoms with Crippen LogP contribution >= 0.6 is 11.6 Å². The molecule has 0 saturated carbocycles. The molecule has 0 radical (unpaired) electrons. The molecular formula is C19H22ClN3O2. The van der Waals surface area contributed by atoms with Crippen LogP contribution in [0.1, 0.15) is 28.9 Å². The molecule has 2 heterocycles. The molecule has 1 atom stereocenters. The number of halogens is 1. The van der Waals surface area contributed by atoms with Crippen molar-refractivity contribution in [1.82, 2.24) is 10.3 Å². The van der Waals surface area contributed by atoms with Crippen molar-refractivity contribution in [2.75, 3.05) is 25.0 Å². The molecule has 6 heteroatoms. The second-order valence-electron chi connectivity index (χ2n) is 6.08. The summed E-state index contributed by atoms with van der Waals surface area (Å²) < 4.78 is 5.49. The monoisotopic (exact) mass is 359 g/mol. The van der Waals surface area contributed by atoms with Crippen LogP contribution in [0.3, 0.4) is 0 Å². The number of benzene rings is 1. The minimum Gasteiger partial charge on any atom is -0.383 e. The highest BCUT2D eigenvalue weighted by Gasteiger charge is 2.17. The molecule has 0 aliphatic carbocycles. The Morgan fingerprint density at radius 1 is 1.24 bits per heavy atom. The fourth-order valence-electron chi connectivity index (χ4n) is 2.74. The van der Waals surface area contributed by atoms with Gasteiger partial charge in [0.15, 0.2) is 0 Å². The van der Waals surface area contributed by atoms with Gasteiger partial charge in [-0.2, -0.15) is 0 Å². The first-order chi connectivity index (χ1) is 12.2. The number of ether oxygens (including phenoxy) is 1. The summed E-state index contributed by atoms with van der Waals surface area (Å²) in [4.78, 5) is 16.3. The van der Waals surface area contributed by atoms with E-state index >= 15 is 0 Å². The van der Waals surface area contributed by atoms with Crippen LogP contribution in [0.25, 0.3) is 0 Å². The van der Waals surface area contributed by atoms with E-state index in [1.807, 2.05) is 30.3 Å². The van der Waals surface area contributed by atoms with Crippen LogP contribution in [0.4, 0.5) is 5.69 Å². The lowest BCUT2D eigenvalue weighted by Gasteiger charge is -2.11. The zero-order valence-corrected chi connectivity index (χ0v) is 14.8. The van der Waals surface area contributed by atoms with Gasteiger partial charge in [-0.1, -0.05) is 23.7 Å². The Labute approximate surface area is 152 Å². The smallest absolute Gasteiger partial charge is 0.269 e. The number of nitrogens with zero attached hydrogens (tertiary/aromatic N) is 1. The number of pyridine rings is 1. The molecule has 1 unspecified atom stereocenters. The molecule has 1 aliphatic rings. The number of rotatable bonds is 7. The van der Waals surface area contributed by atoms with E-state index in [-0.39, 0.29) is 12.0 Å². The average molecular weight is 360 g/mol. The van der Waals surface area contributed by atoms with Gasteiger partial charge in [-0.15, -0.1) is 0 Å². The number of hydrogen-bond acceptors (Lipinski definition) is 4. The summed E-state index contributed by atoms with van der Waals surface area (Å²) in [6.45, 7) is 2.12. The number of carbonyl (C=O) groups is 1. The predicted octanol–water partition coefficient (Wildman–Crippen LogP) is 3.30. The van der Waals surface area contributed by atoms with Crippen molar-refractivity contribution in [3.63, 3.8) is 0 Å². The average Bonchev–Trinajstić information content (AvgIpc) is 3.15. The minimum absolute atomic E-state index is 0.137. The minimum atomic E-state index is -0.164. The molecule has 132 valence electrons. The van der Waals surface area contributed by atoms with Crippen molar-refractivity contribution in [2.45, 2.75) is 25.4 Å². The summed E-state index contributed by atoms with van der Waals surface area (Å²) in [5, 5.41) is 6.92. The maximum atomic E-state index is 12.1. The Hall–Kier alpha value is -2.11. The molecule has 25 heavy (non-hydrogen) atoms. The van der Waals surface area contributed by atoms with Gasteiger partial charge in [-0.3, -0.25) is 4.79 Å². The highest BCUT2D eigenvalue weighted by atomic mass is 35.5. The Balaban J connectivity index is 1.43. The fourth-order valence-corrected chi connectivity index (χ4v) is 2.86. The molecule has 0 bridgehead atoms. The molecule has 1 aromatic carbocycles. The van der Waals surface area contributed by atoms with Gasteiger partial charge in [0.25, 0.3) is 5.91 Å². The van der Waals surface area contributed by atoms with E-state index in [1.54, 1.807) is 12.3 Å². The molecule has 1 aromatic heterocycles. The second-order valence-corrected chi connectivity index (χ2v) is 6.52. The molecule has 2 aromatic rings. The van der Waals surface area contributed by atoms with Crippen LogP contribution in [0.15, 0.2) is 42.6 Å². The summed E-state index contributed by atoms with van der Waals surface area (Å²) in [6, 6.07) is 11.4. The number of nitrogens with one attached hydrogen (secondary N) is 2. The number of anilines is 1. The van der Waals surface area contributed by atoms with Crippen molar-refractivity contribution in [1.29, 1.82) is 0 Å². The standard InChI is InChI=1S/C19H22ClN3O2/c20-15-5-3-14(4-6-15)9-10-21-16-7-8-18(22-12-16)19(24)23-13-17-2-1-11-25-17/h3-8,12,17,21H,1-2,9-11,13H2,(H,23,24). The van der Waals surface area contributed by atoms with E-state index in [4.69, 9.17) is 16.3 Å². The van der Waals surface area contributed by atoms with Crippen LogP contribution in [0.2, 0.25) is 5.02 Å². The maximum absolute atomic E-state index is 12.1. The third kappa shape index (κ3) is 5.44. The van der Waals surface area contributed by atoms with Gasteiger partial charge in [0.2, 0.25) is 0 Å². The topological polar surface area (TPSA) is 63.2 Å². The zero-order valence-electron chi connectivity index (χ0n) is 14.0. The normalized spacial score (nSPS) is 16.6. The van der Waals surface area contributed by atoms with E-state index < -0.39 is 0 Å². The summed E-state index contributed by atoms with van der Waals surface area (Å²) in [5.41, 5.74) is 2.53. The molecule has 1 saturated heterocycles. The van der Waals surface area contributed by atoms with Crippen LogP contribution in [-0.4, -0.2) is 36.7 Å². The third-order valence-corrected chi connectivity index (χ3v) is 4.42. The molecule has 3 rings (SSSR count). The molecule has 1 amide bonds. The van der Waals surface area contributed by atoms with Gasteiger partial charge < -0.3 is 15.4 Å². The molecular weight excluding hydrogens is 338 g/mol. The van der Waals surface area contributed by atoms with Crippen molar-refractivity contribution in [2.24, 2.45) is 0 Å². The number of amides is 1. The molecule has 5 nitrogen and oxygen atoms in total. The maximum Gasteiger partial charge on any atom is 0.269 e. The second kappa shape index (κ2) is 8.83. The van der Waals surface area contributed by atoms with E-state index in [0.717, 1.165) is 43.1 Å². The van der Waals surface area contributed by atoms with E-state index in [1.165, 1.54) is 5.56 Å². The fraction of sp³-hybridized carbons (Fsp3) is 0.368. The molecule has 1 fully saturated rings. The summed E-state index contributed by atoms with van der Waals surface area (Å²) in [6.07, 6.45) is 4.78. The summed E-state index contributed by atoms with van der Waals surface area (Å²) in [7, 11) is 0. The first kappa shape index (κ1) is 17.7. The molecule has 2 N–H and O–H groups in total. The highest BCUT2D eigenvalue weighted by molar-refractivity contribution is 6.30. The highest BCUT2D eigenvalue weighted by Crippen LogP contribution is 2.12. The Kier molecular flexibility index (Phi) is 6.25. The van der Waals surface area contributed by atoms with Crippen LogP contribution in [0.5, 0.6) is 0 Å². The Morgan fingerprint density at radius 3 is 2.76 bits per heavy atom. The Bertz CT molecular complexity index is 683. The lowest BCUT2D eigenvalue weighted by atomic mass is 10.1. The van der Waals surface area contributed by atoms with Gasteiger partial charge in [0.05, 0.1) is 18.0 Å². The van der Waals surface area contributed by atoms with Crippen LogP contribution in [0, 0.1) is 0 Å². The lowest BCUT2D eigenvalue weighted by molar-refractivity contribution is 0.0854. The van der Waals surface area contributed by atoms with Gasteiger partial charge in [0.1, 0.15) is 5.69 Å². The van der Waals surface area contributed by atoms with E-state index in [0.29, 0.717) is 12.2 Å². The van der Waals surface area contributed by atoms with Crippen molar-refractivity contribution >= 4 is 23.2 Å². The van der Waals surface area contributed by atoms with Crippen LogP contribution < -0.4 is 10.6 Å². The first-order valence-electron chi connectivity index (χ1n) is 8.55.